The Bertz CT molecular complexity index is 281. The molecule has 86 valence electrons. The van der Waals surface area contributed by atoms with Gasteiger partial charge in [-0.2, -0.15) is 0 Å². The van der Waals surface area contributed by atoms with Crippen molar-refractivity contribution in [1.29, 1.82) is 0 Å². The number of nitrogens with zero attached hydrogens (tertiary/aromatic N) is 1. The van der Waals surface area contributed by atoms with Gasteiger partial charge >= 0.3 is 5.97 Å². The fourth-order valence-corrected chi connectivity index (χ4v) is 1.85. The van der Waals surface area contributed by atoms with E-state index in [0.29, 0.717) is 13.0 Å². The molecule has 0 saturated heterocycles. The quantitative estimate of drug-likeness (QED) is 0.756. The Morgan fingerprint density at radius 3 is 2.40 bits per heavy atom. The second-order valence-electron chi connectivity index (χ2n) is 3.58. The Kier molecular flexibility index (Phi) is 3.84. The number of amides is 1. The molecule has 1 N–H and O–H groups in total. The van der Waals surface area contributed by atoms with Crippen LogP contribution in [0.1, 0.15) is 19.8 Å². The Labute approximate surface area is 98.1 Å². The zero-order valence-corrected chi connectivity index (χ0v) is 9.88. The van der Waals surface area contributed by atoms with Crippen LogP contribution in [0.3, 0.4) is 0 Å². The standard InChI is InChI=1S/C9H13Cl2NO3/c1-2-12(4-3-7(13)14)8(15)6-5-9(6,10)11/h6H,2-5H2,1H3,(H,13,14). The number of carboxylic acid groups (broad SMARTS) is 1. The molecule has 4 nitrogen and oxygen atoms in total. The lowest BCUT2D eigenvalue weighted by Crippen LogP contribution is -2.35. The molecule has 0 aromatic heterocycles. The Balaban J connectivity index is 2.45. The van der Waals surface area contributed by atoms with Crippen LogP contribution in [-0.4, -0.2) is 39.3 Å². The molecule has 1 amide bonds. The van der Waals surface area contributed by atoms with Crippen molar-refractivity contribution in [2.24, 2.45) is 5.92 Å². The van der Waals surface area contributed by atoms with Gasteiger partial charge in [0.15, 0.2) is 0 Å². The number of halogens is 2. The Morgan fingerprint density at radius 2 is 2.07 bits per heavy atom. The maximum atomic E-state index is 11.7. The second kappa shape index (κ2) is 4.58. The summed E-state index contributed by atoms with van der Waals surface area (Å²) in [6.45, 7) is 2.49. The number of hydrogen-bond donors (Lipinski definition) is 1. The van der Waals surface area contributed by atoms with Crippen molar-refractivity contribution in [2.45, 2.75) is 24.1 Å². The van der Waals surface area contributed by atoms with Crippen LogP contribution < -0.4 is 0 Å². The summed E-state index contributed by atoms with van der Waals surface area (Å²) in [4.78, 5) is 23.6. The molecule has 0 aromatic carbocycles. The summed E-state index contributed by atoms with van der Waals surface area (Å²) in [6.07, 6.45) is 0.405. The maximum Gasteiger partial charge on any atom is 0.305 e. The Hall–Kier alpha value is -0.480. The molecule has 0 aliphatic heterocycles. The van der Waals surface area contributed by atoms with Crippen molar-refractivity contribution in [1.82, 2.24) is 4.90 Å². The molecule has 0 spiro atoms. The molecule has 1 unspecified atom stereocenters. The van der Waals surface area contributed by atoms with E-state index >= 15 is 0 Å². The third-order valence-corrected chi connectivity index (χ3v) is 3.25. The average molecular weight is 254 g/mol. The number of hydrogen-bond acceptors (Lipinski definition) is 2. The zero-order valence-electron chi connectivity index (χ0n) is 8.37. The van der Waals surface area contributed by atoms with Crippen molar-refractivity contribution in [3.8, 4) is 0 Å². The van der Waals surface area contributed by atoms with Gasteiger partial charge in [-0.1, -0.05) is 0 Å². The van der Waals surface area contributed by atoms with Crippen LogP contribution in [0, 0.1) is 5.92 Å². The van der Waals surface area contributed by atoms with E-state index in [1.165, 1.54) is 4.90 Å². The summed E-state index contributed by atoms with van der Waals surface area (Å²) in [5, 5.41) is 8.51. The molecule has 15 heavy (non-hydrogen) atoms. The highest BCUT2D eigenvalue weighted by Crippen LogP contribution is 2.53. The minimum absolute atomic E-state index is 0.0517. The van der Waals surface area contributed by atoms with Crippen LogP contribution >= 0.6 is 23.2 Å². The fraction of sp³-hybridized carbons (Fsp3) is 0.778. The van der Waals surface area contributed by atoms with Gasteiger partial charge in [0, 0.05) is 13.1 Å². The molecular weight excluding hydrogens is 241 g/mol. The number of aliphatic carboxylic acids is 1. The molecule has 6 heteroatoms. The number of carboxylic acids is 1. The lowest BCUT2D eigenvalue weighted by Gasteiger charge is -2.20. The van der Waals surface area contributed by atoms with Gasteiger partial charge in [-0.05, 0) is 13.3 Å². The Morgan fingerprint density at radius 1 is 1.53 bits per heavy atom. The van der Waals surface area contributed by atoms with E-state index in [1.807, 2.05) is 0 Å². The second-order valence-corrected chi connectivity index (χ2v) is 5.12. The minimum atomic E-state index is -0.937. The van der Waals surface area contributed by atoms with Gasteiger partial charge < -0.3 is 10.0 Å². The van der Waals surface area contributed by atoms with Gasteiger partial charge in [-0.25, -0.2) is 0 Å². The summed E-state index contributed by atoms with van der Waals surface area (Å²) in [6, 6.07) is 0. The van der Waals surface area contributed by atoms with E-state index in [4.69, 9.17) is 28.3 Å². The summed E-state index contributed by atoms with van der Waals surface area (Å²) >= 11 is 11.5. The third-order valence-electron chi connectivity index (χ3n) is 2.41. The lowest BCUT2D eigenvalue weighted by atomic mass is 10.3. The molecule has 0 bridgehead atoms. The smallest absolute Gasteiger partial charge is 0.305 e. The van der Waals surface area contributed by atoms with Gasteiger partial charge in [0.25, 0.3) is 0 Å². The predicted molar refractivity (Wildman–Crippen MR) is 57.1 cm³/mol. The first-order valence-electron chi connectivity index (χ1n) is 4.77. The number of rotatable bonds is 5. The highest BCUT2D eigenvalue weighted by Gasteiger charge is 2.57. The molecule has 1 aliphatic carbocycles. The van der Waals surface area contributed by atoms with E-state index in [9.17, 15) is 9.59 Å². The third kappa shape index (κ3) is 3.24. The van der Waals surface area contributed by atoms with Crippen LogP contribution in [0.2, 0.25) is 0 Å². The first-order chi connectivity index (χ1) is 6.88. The van der Waals surface area contributed by atoms with Crippen LogP contribution in [0.4, 0.5) is 0 Å². The number of alkyl halides is 2. The molecule has 0 radical (unpaired) electrons. The molecular formula is C9H13Cl2NO3. The molecule has 1 saturated carbocycles. The zero-order chi connectivity index (χ0) is 11.6. The highest BCUT2D eigenvalue weighted by atomic mass is 35.5. The average Bonchev–Trinajstić information content (AvgIpc) is 2.75. The van der Waals surface area contributed by atoms with Crippen LogP contribution in [0.15, 0.2) is 0 Å². The molecule has 1 rings (SSSR count). The van der Waals surface area contributed by atoms with Crippen molar-refractivity contribution >= 4 is 35.1 Å². The lowest BCUT2D eigenvalue weighted by molar-refractivity contribution is -0.138. The number of carbonyl (C=O) groups excluding carboxylic acids is 1. The SMILES string of the molecule is CCN(CCC(=O)O)C(=O)C1CC1(Cl)Cl. The van der Waals surface area contributed by atoms with E-state index in [-0.39, 0.29) is 24.8 Å². The normalized spacial score (nSPS) is 22.2. The molecule has 0 aromatic rings. The predicted octanol–water partition coefficient (Wildman–Crippen LogP) is 1.50. The summed E-state index contributed by atoms with van der Waals surface area (Å²) < 4.78 is -0.937. The van der Waals surface area contributed by atoms with Crippen LogP contribution in [0.25, 0.3) is 0 Å². The highest BCUT2D eigenvalue weighted by molar-refractivity contribution is 6.52. The van der Waals surface area contributed by atoms with E-state index < -0.39 is 10.3 Å². The van der Waals surface area contributed by atoms with Crippen molar-refractivity contribution in [2.75, 3.05) is 13.1 Å². The van der Waals surface area contributed by atoms with Gasteiger partial charge in [-0.15, -0.1) is 23.2 Å². The summed E-state index contributed by atoms with van der Waals surface area (Å²) in [5.74, 6) is -1.43. The first kappa shape index (κ1) is 12.6. The van der Waals surface area contributed by atoms with Gasteiger partial charge in [0.1, 0.15) is 4.33 Å². The molecule has 0 heterocycles. The van der Waals surface area contributed by atoms with E-state index in [1.54, 1.807) is 6.92 Å². The molecule has 1 atom stereocenters. The van der Waals surface area contributed by atoms with Crippen LogP contribution in [-0.2, 0) is 9.59 Å². The molecule has 1 fully saturated rings. The maximum absolute atomic E-state index is 11.7. The summed E-state index contributed by atoms with van der Waals surface area (Å²) in [5.41, 5.74) is 0. The topological polar surface area (TPSA) is 57.6 Å². The first-order valence-corrected chi connectivity index (χ1v) is 5.52. The number of carbonyl (C=O) groups is 2. The minimum Gasteiger partial charge on any atom is -0.481 e. The largest absolute Gasteiger partial charge is 0.481 e. The fourth-order valence-electron chi connectivity index (χ4n) is 1.36. The van der Waals surface area contributed by atoms with Gasteiger partial charge in [-0.3, -0.25) is 9.59 Å². The van der Waals surface area contributed by atoms with Crippen molar-refractivity contribution in [3.63, 3.8) is 0 Å². The van der Waals surface area contributed by atoms with Gasteiger partial charge in [0.05, 0.1) is 12.3 Å². The van der Waals surface area contributed by atoms with Gasteiger partial charge in [0.2, 0.25) is 5.91 Å². The van der Waals surface area contributed by atoms with Crippen LogP contribution in [0.5, 0.6) is 0 Å². The monoisotopic (exact) mass is 253 g/mol. The van der Waals surface area contributed by atoms with Crippen molar-refractivity contribution in [3.05, 3.63) is 0 Å². The van der Waals surface area contributed by atoms with E-state index in [2.05, 4.69) is 0 Å². The van der Waals surface area contributed by atoms with Crippen molar-refractivity contribution < 1.29 is 14.7 Å². The van der Waals surface area contributed by atoms with E-state index in [0.717, 1.165) is 0 Å². The summed E-state index contributed by atoms with van der Waals surface area (Å²) in [7, 11) is 0. The molecule has 1 aliphatic rings.